The SMILES string of the molecule is COc1ccc(C2=NN(C(=O)CN3CCC(C)CC3)C(c3cccc(F)c3)C2)cc1. The van der Waals surface area contributed by atoms with Gasteiger partial charge in [-0.3, -0.25) is 9.69 Å². The summed E-state index contributed by atoms with van der Waals surface area (Å²) in [5, 5.41) is 6.25. The third kappa shape index (κ3) is 4.54. The summed E-state index contributed by atoms with van der Waals surface area (Å²) in [4.78, 5) is 15.4. The van der Waals surface area contributed by atoms with E-state index >= 15 is 0 Å². The van der Waals surface area contributed by atoms with E-state index in [1.807, 2.05) is 30.3 Å². The van der Waals surface area contributed by atoms with Crippen molar-refractivity contribution in [3.63, 3.8) is 0 Å². The number of methoxy groups -OCH3 is 1. The van der Waals surface area contributed by atoms with Crippen LogP contribution in [0.25, 0.3) is 0 Å². The van der Waals surface area contributed by atoms with Gasteiger partial charge in [-0.05, 0) is 79.4 Å². The maximum atomic E-state index is 13.9. The summed E-state index contributed by atoms with van der Waals surface area (Å²) in [6.07, 6.45) is 2.78. The van der Waals surface area contributed by atoms with Crippen LogP contribution >= 0.6 is 0 Å². The average Bonchev–Trinajstić information content (AvgIpc) is 3.21. The third-order valence-corrected chi connectivity index (χ3v) is 6.06. The highest BCUT2D eigenvalue weighted by Crippen LogP contribution is 2.33. The van der Waals surface area contributed by atoms with Crippen molar-refractivity contribution in [1.29, 1.82) is 0 Å². The van der Waals surface area contributed by atoms with Gasteiger partial charge in [-0.2, -0.15) is 5.10 Å². The van der Waals surface area contributed by atoms with Crippen molar-refractivity contribution < 1.29 is 13.9 Å². The number of amides is 1. The normalized spacial score (nSPS) is 20.3. The fraction of sp³-hybridized carbons (Fsp3) is 0.417. The minimum Gasteiger partial charge on any atom is -0.497 e. The highest BCUT2D eigenvalue weighted by atomic mass is 19.1. The van der Waals surface area contributed by atoms with E-state index in [4.69, 9.17) is 9.84 Å². The van der Waals surface area contributed by atoms with E-state index in [0.717, 1.165) is 48.5 Å². The molecule has 4 rings (SSSR count). The highest BCUT2D eigenvalue weighted by Gasteiger charge is 2.34. The molecule has 2 aromatic rings. The van der Waals surface area contributed by atoms with Gasteiger partial charge in [0.05, 0.1) is 25.4 Å². The van der Waals surface area contributed by atoms with Crippen LogP contribution in [-0.4, -0.2) is 48.3 Å². The van der Waals surface area contributed by atoms with Crippen molar-refractivity contribution >= 4 is 11.6 Å². The van der Waals surface area contributed by atoms with Crippen molar-refractivity contribution in [2.45, 2.75) is 32.2 Å². The van der Waals surface area contributed by atoms with Crippen LogP contribution in [0.2, 0.25) is 0 Å². The second kappa shape index (κ2) is 8.96. The second-order valence-corrected chi connectivity index (χ2v) is 8.25. The maximum absolute atomic E-state index is 13.9. The number of likely N-dealkylation sites (tertiary alicyclic amines) is 1. The molecule has 0 saturated carbocycles. The number of piperidine rings is 1. The van der Waals surface area contributed by atoms with Crippen molar-refractivity contribution in [2.75, 3.05) is 26.7 Å². The molecular weight excluding hydrogens is 381 g/mol. The number of carbonyl (C=O) groups excluding carboxylic acids is 1. The lowest BCUT2D eigenvalue weighted by atomic mass is 9.98. The molecular formula is C24H28FN3O2. The first kappa shape index (κ1) is 20.5. The van der Waals surface area contributed by atoms with E-state index in [1.54, 1.807) is 18.2 Å². The molecule has 1 saturated heterocycles. The van der Waals surface area contributed by atoms with E-state index in [0.29, 0.717) is 18.9 Å². The van der Waals surface area contributed by atoms with Gasteiger partial charge in [0.1, 0.15) is 11.6 Å². The van der Waals surface area contributed by atoms with E-state index < -0.39 is 0 Å². The van der Waals surface area contributed by atoms with E-state index in [2.05, 4.69) is 11.8 Å². The van der Waals surface area contributed by atoms with Gasteiger partial charge < -0.3 is 4.74 Å². The topological polar surface area (TPSA) is 45.1 Å². The number of nitrogens with zero attached hydrogens (tertiary/aromatic N) is 3. The molecule has 30 heavy (non-hydrogen) atoms. The van der Waals surface area contributed by atoms with Crippen LogP contribution < -0.4 is 4.74 Å². The number of halogens is 1. The minimum absolute atomic E-state index is 0.0395. The van der Waals surface area contributed by atoms with E-state index in [-0.39, 0.29) is 17.8 Å². The fourth-order valence-corrected chi connectivity index (χ4v) is 4.16. The summed E-state index contributed by atoms with van der Waals surface area (Å²) in [7, 11) is 1.63. The van der Waals surface area contributed by atoms with Gasteiger partial charge in [-0.25, -0.2) is 9.40 Å². The maximum Gasteiger partial charge on any atom is 0.257 e. The van der Waals surface area contributed by atoms with Crippen LogP contribution in [0.3, 0.4) is 0 Å². The Bertz CT molecular complexity index is 920. The van der Waals surface area contributed by atoms with Gasteiger partial charge in [0, 0.05) is 6.42 Å². The quantitative estimate of drug-likeness (QED) is 0.742. The zero-order chi connectivity index (χ0) is 21.1. The molecule has 5 nitrogen and oxygen atoms in total. The first-order valence-corrected chi connectivity index (χ1v) is 10.6. The van der Waals surface area contributed by atoms with Crippen molar-refractivity contribution in [3.8, 4) is 5.75 Å². The van der Waals surface area contributed by atoms with Crippen molar-refractivity contribution in [2.24, 2.45) is 11.0 Å². The third-order valence-electron chi connectivity index (χ3n) is 6.06. The number of hydrogen-bond acceptors (Lipinski definition) is 4. The van der Waals surface area contributed by atoms with Crippen LogP contribution in [0.15, 0.2) is 53.6 Å². The average molecular weight is 410 g/mol. The molecule has 1 amide bonds. The number of hydrazone groups is 1. The van der Waals surface area contributed by atoms with Crippen LogP contribution in [0.4, 0.5) is 4.39 Å². The van der Waals surface area contributed by atoms with Crippen molar-refractivity contribution in [3.05, 3.63) is 65.5 Å². The lowest BCUT2D eigenvalue weighted by molar-refractivity contribution is -0.134. The van der Waals surface area contributed by atoms with Crippen LogP contribution in [0, 0.1) is 11.7 Å². The predicted octanol–water partition coefficient (Wildman–Crippen LogP) is 4.24. The Hall–Kier alpha value is -2.73. The Morgan fingerprint density at radius 2 is 1.90 bits per heavy atom. The Kier molecular flexibility index (Phi) is 6.13. The number of hydrogen-bond donors (Lipinski definition) is 0. The molecule has 0 radical (unpaired) electrons. The molecule has 0 aromatic heterocycles. The lowest BCUT2D eigenvalue weighted by Crippen LogP contribution is -2.41. The van der Waals surface area contributed by atoms with Gasteiger partial charge in [0.25, 0.3) is 5.91 Å². The van der Waals surface area contributed by atoms with E-state index in [1.165, 1.54) is 12.1 Å². The summed E-state index contributed by atoms with van der Waals surface area (Å²) in [5.74, 6) is 1.14. The zero-order valence-corrected chi connectivity index (χ0v) is 17.6. The number of benzene rings is 2. The molecule has 2 aliphatic rings. The first-order valence-electron chi connectivity index (χ1n) is 10.6. The van der Waals surface area contributed by atoms with E-state index in [9.17, 15) is 9.18 Å². The minimum atomic E-state index is -0.303. The summed E-state index contributed by atoms with van der Waals surface area (Å²) in [5.41, 5.74) is 2.54. The predicted molar refractivity (Wildman–Crippen MR) is 115 cm³/mol. The van der Waals surface area contributed by atoms with Gasteiger partial charge in [-0.15, -0.1) is 0 Å². The molecule has 2 aliphatic heterocycles. The molecule has 1 fully saturated rings. The molecule has 0 bridgehead atoms. The van der Waals surface area contributed by atoms with Crippen molar-refractivity contribution in [1.82, 2.24) is 9.91 Å². The number of ether oxygens (including phenoxy) is 1. The number of rotatable bonds is 5. The first-order chi connectivity index (χ1) is 14.5. The van der Waals surface area contributed by atoms with Gasteiger partial charge in [0.15, 0.2) is 0 Å². The summed E-state index contributed by atoms with van der Waals surface area (Å²) >= 11 is 0. The van der Waals surface area contributed by atoms with Gasteiger partial charge >= 0.3 is 0 Å². The zero-order valence-electron chi connectivity index (χ0n) is 17.6. The number of carbonyl (C=O) groups is 1. The summed E-state index contributed by atoms with van der Waals surface area (Å²) in [6.45, 7) is 4.46. The molecule has 0 spiro atoms. The standard InChI is InChI=1S/C24H28FN3O2/c1-17-10-12-27(13-11-17)16-24(29)28-23(19-4-3-5-20(25)14-19)15-22(26-28)18-6-8-21(30-2)9-7-18/h3-9,14,17,23H,10-13,15-16H2,1-2H3. The Morgan fingerprint density at radius 1 is 1.17 bits per heavy atom. The van der Waals surface area contributed by atoms with Gasteiger partial charge in [-0.1, -0.05) is 19.1 Å². The molecule has 1 unspecified atom stereocenters. The largest absolute Gasteiger partial charge is 0.497 e. The molecule has 6 heteroatoms. The highest BCUT2D eigenvalue weighted by molar-refractivity contribution is 6.03. The fourth-order valence-electron chi connectivity index (χ4n) is 4.16. The van der Waals surface area contributed by atoms with Crippen LogP contribution in [0.1, 0.15) is 43.4 Å². The molecule has 0 aliphatic carbocycles. The van der Waals surface area contributed by atoms with Gasteiger partial charge in [0.2, 0.25) is 0 Å². The Balaban J connectivity index is 1.58. The second-order valence-electron chi connectivity index (χ2n) is 8.25. The Labute approximate surface area is 177 Å². The smallest absolute Gasteiger partial charge is 0.257 e. The monoisotopic (exact) mass is 409 g/mol. The summed E-state index contributed by atoms with van der Waals surface area (Å²) < 4.78 is 19.1. The Morgan fingerprint density at radius 3 is 2.57 bits per heavy atom. The molecule has 1 atom stereocenters. The van der Waals surface area contributed by atoms with Crippen LogP contribution in [0.5, 0.6) is 5.75 Å². The molecule has 158 valence electrons. The lowest BCUT2D eigenvalue weighted by Gasteiger charge is -2.31. The summed E-state index contributed by atoms with van der Waals surface area (Å²) in [6, 6.07) is 13.8. The molecule has 2 aromatic carbocycles. The van der Waals surface area contributed by atoms with Crippen LogP contribution in [-0.2, 0) is 4.79 Å². The molecule has 0 N–H and O–H groups in total. The molecule has 2 heterocycles.